The van der Waals surface area contributed by atoms with Crippen LogP contribution in [0.3, 0.4) is 0 Å². The molecule has 0 aliphatic rings. The Morgan fingerprint density at radius 1 is 1.25 bits per heavy atom. The maximum Gasteiger partial charge on any atom is 0.329 e. The van der Waals surface area contributed by atoms with Crippen LogP contribution in [-0.2, 0) is 4.52 Å². The van der Waals surface area contributed by atoms with Crippen LogP contribution in [0.5, 0.6) is 0 Å². The molecule has 0 aliphatic carbocycles. The van der Waals surface area contributed by atoms with Crippen molar-refractivity contribution in [2.75, 3.05) is 0 Å². The summed E-state index contributed by atoms with van der Waals surface area (Å²) >= 11 is 22.2. The van der Waals surface area contributed by atoms with Crippen LogP contribution in [-0.4, -0.2) is 18.6 Å². The Morgan fingerprint density at radius 2 is 1.67 bits per heavy atom. The summed E-state index contributed by atoms with van der Waals surface area (Å²) in [6, 6.07) is 0. The van der Waals surface area contributed by atoms with Gasteiger partial charge in [0.15, 0.2) is 4.33 Å². The highest BCUT2D eigenvalue weighted by Gasteiger charge is 2.48. The maximum atomic E-state index is 8.46. The Balaban J connectivity index is 4.37. The molecule has 0 bridgehead atoms. The van der Waals surface area contributed by atoms with Gasteiger partial charge in [0.25, 0.3) is 4.52 Å². The van der Waals surface area contributed by atoms with E-state index in [0.717, 1.165) is 0 Å². The first kappa shape index (κ1) is 13.5. The summed E-state index contributed by atoms with van der Waals surface area (Å²) in [6.07, 6.45) is 0.201. The molecular weight excluding hydrogens is 269 g/mol. The Morgan fingerprint density at radius 3 is 1.92 bits per heavy atom. The van der Waals surface area contributed by atoms with Crippen molar-refractivity contribution in [2.24, 2.45) is 0 Å². The van der Waals surface area contributed by atoms with Crippen LogP contribution in [0.1, 0.15) is 13.3 Å². The van der Waals surface area contributed by atoms with Crippen molar-refractivity contribution in [1.29, 1.82) is 0 Å². The van der Waals surface area contributed by atoms with Crippen LogP contribution in [0.4, 0.5) is 0 Å². The van der Waals surface area contributed by atoms with Gasteiger partial charge in [-0.1, -0.05) is 53.3 Å². The molecule has 74 valence electrons. The molecule has 0 atom stereocenters. The lowest BCUT2D eigenvalue weighted by atomic mass is 10.3. The molecule has 0 aromatic carbocycles. The van der Waals surface area contributed by atoms with Crippen molar-refractivity contribution in [2.45, 2.75) is 22.2 Å². The number of hydrogen-bond acceptors (Lipinski definition) is 3. The number of hydrogen-bond donors (Lipinski definition) is 2. The van der Waals surface area contributed by atoms with E-state index in [4.69, 9.17) is 56.2 Å². The zero-order chi connectivity index (χ0) is 9.99. The van der Waals surface area contributed by atoms with E-state index in [2.05, 4.69) is 4.52 Å². The molecule has 3 nitrogen and oxygen atoms in total. The second-order valence-corrected chi connectivity index (χ2v) is 5.35. The monoisotopic (exact) mass is 274 g/mol. The maximum absolute atomic E-state index is 8.46. The lowest BCUT2D eigenvalue weighted by Crippen LogP contribution is -2.36. The zero-order valence-electron chi connectivity index (χ0n) is 5.97. The molecule has 0 unspecified atom stereocenters. The Labute approximate surface area is 91.5 Å². The van der Waals surface area contributed by atoms with Gasteiger partial charge in [-0.05, 0) is 6.42 Å². The van der Waals surface area contributed by atoms with Gasteiger partial charge in [-0.2, -0.15) is 0 Å². The van der Waals surface area contributed by atoms with E-state index >= 15 is 0 Å². The summed E-state index contributed by atoms with van der Waals surface area (Å²) in [4.78, 5) is 16.9. The highest BCUT2D eigenvalue weighted by Crippen LogP contribution is 2.51. The van der Waals surface area contributed by atoms with Gasteiger partial charge < -0.3 is 9.79 Å². The minimum absolute atomic E-state index is 0.201. The first-order valence-electron chi connectivity index (χ1n) is 2.85. The lowest BCUT2D eigenvalue weighted by Gasteiger charge is -2.31. The first-order valence-corrected chi connectivity index (χ1v) is 5.53. The normalized spacial score (nSPS) is 14.0. The SMILES string of the molecule is CCC(Cl)(Cl)C(Cl)(Cl)OP(O)O. The molecule has 0 rings (SSSR count). The summed E-state index contributed by atoms with van der Waals surface area (Å²) in [7, 11) is -2.69. The van der Waals surface area contributed by atoms with Gasteiger partial charge in [0, 0.05) is 0 Å². The molecule has 0 fully saturated rings. The van der Waals surface area contributed by atoms with Gasteiger partial charge in [0.1, 0.15) is 0 Å². The molecule has 0 heterocycles. The fraction of sp³-hybridized carbons (Fsp3) is 1.00. The Kier molecular flexibility index (Phi) is 5.40. The molecule has 8 heteroatoms. The van der Waals surface area contributed by atoms with Crippen molar-refractivity contribution in [3.63, 3.8) is 0 Å². The van der Waals surface area contributed by atoms with Gasteiger partial charge in [-0.25, -0.2) is 0 Å². The zero-order valence-corrected chi connectivity index (χ0v) is 9.89. The summed E-state index contributed by atoms with van der Waals surface area (Å²) in [5.74, 6) is 0. The van der Waals surface area contributed by atoms with Crippen LogP contribution in [0.15, 0.2) is 0 Å². The highest BCUT2D eigenvalue weighted by atomic mass is 35.5. The largest absolute Gasteiger partial charge is 0.329 e. The van der Waals surface area contributed by atoms with E-state index in [1.807, 2.05) is 0 Å². The predicted octanol–water partition coefficient (Wildman–Crippen LogP) is 2.93. The molecule has 12 heavy (non-hydrogen) atoms. The predicted molar refractivity (Wildman–Crippen MR) is 51.6 cm³/mol. The quantitative estimate of drug-likeness (QED) is 0.613. The van der Waals surface area contributed by atoms with E-state index in [9.17, 15) is 0 Å². The molecule has 0 amide bonds. The third-order valence-electron chi connectivity index (χ3n) is 1.07. The fourth-order valence-corrected chi connectivity index (χ4v) is 1.56. The topological polar surface area (TPSA) is 49.7 Å². The van der Waals surface area contributed by atoms with Gasteiger partial charge in [0.2, 0.25) is 0 Å². The van der Waals surface area contributed by atoms with E-state index in [-0.39, 0.29) is 6.42 Å². The molecule has 2 N–H and O–H groups in total. The number of halogens is 4. The van der Waals surface area contributed by atoms with Gasteiger partial charge in [-0.15, -0.1) is 0 Å². The van der Waals surface area contributed by atoms with Crippen LogP contribution >= 0.6 is 55.0 Å². The minimum Gasteiger partial charge on any atom is -0.328 e. The average Bonchev–Trinajstić information content (AvgIpc) is 1.84. The average molecular weight is 276 g/mol. The standard InChI is InChI=1S/C4H7Cl4O3P/c1-2-3(5,6)4(7,8)11-12(9)10/h9-10H,2H2,1H3. The van der Waals surface area contributed by atoms with Crippen LogP contribution in [0.25, 0.3) is 0 Å². The van der Waals surface area contributed by atoms with E-state index < -0.39 is 17.5 Å². The Bertz CT molecular complexity index is 151. The van der Waals surface area contributed by atoms with Crippen molar-refractivity contribution in [1.82, 2.24) is 0 Å². The molecule has 0 aromatic rings. The van der Waals surface area contributed by atoms with Crippen LogP contribution < -0.4 is 0 Å². The van der Waals surface area contributed by atoms with Crippen molar-refractivity contribution in [3.05, 3.63) is 0 Å². The van der Waals surface area contributed by atoms with Gasteiger partial charge in [0.05, 0.1) is 0 Å². The molecule has 0 aliphatic heterocycles. The van der Waals surface area contributed by atoms with Crippen molar-refractivity contribution >= 4 is 55.0 Å². The van der Waals surface area contributed by atoms with Crippen LogP contribution in [0, 0.1) is 0 Å². The fourth-order valence-electron chi connectivity index (χ4n) is 0.375. The molecule has 0 spiro atoms. The summed E-state index contributed by atoms with van der Waals surface area (Å²) in [5.41, 5.74) is 0. The van der Waals surface area contributed by atoms with Crippen molar-refractivity contribution in [3.8, 4) is 0 Å². The molecular formula is C4H7Cl4O3P. The third kappa shape index (κ3) is 3.69. The summed E-state index contributed by atoms with van der Waals surface area (Å²) in [5, 5.41) is 0. The van der Waals surface area contributed by atoms with Crippen molar-refractivity contribution < 1.29 is 14.3 Å². The lowest BCUT2D eigenvalue weighted by molar-refractivity contribution is 0.184. The van der Waals surface area contributed by atoms with Gasteiger partial charge in [-0.3, -0.25) is 4.52 Å². The molecule has 0 aromatic heterocycles. The minimum atomic E-state index is -2.69. The molecule has 0 radical (unpaired) electrons. The summed E-state index contributed by atoms with van der Waals surface area (Å²) in [6.45, 7) is 1.62. The highest BCUT2D eigenvalue weighted by molar-refractivity contribution is 7.39. The number of rotatable bonds is 4. The van der Waals surface area contributed by atoms with E-state index in [1.54, 1.807) is 6.92 Å². The van der Waals surface area contributed by atoms with E-state index in [0.29, 0.717) is 0 Å². The van der Waals surface area contributed by atoms with Crippen LogP contribution in [0.2, 0.25) is 0 Å². The summed E-state index contributed by atoms with van der Waals surface area (Å²) < 4.78 is 0.727. The molecule has 0 saturated heterocycles. The van der Waals surface area contributed by atoms with Gasteiger partial charge >= 0.3 is 8.60 Å². The third-order valence-corrected chi connectivity index (χ3v) is 3.97. The molecule has 0 saturated carbocycles. The number of alkyl halides is 4. The first-order chi connectivity index (χ1) is 5.23. The second-order valence-electron chi connectivity index (χ2n) is 1.92. The second kappa shape index (κ2) is 4.81. The smallest absolute Gasteiger partial charge is 0.328 e. The Hall–Kier alpha value is 1.47. The van der Waals surface area contributed by atoms with E-state index in [1.165, 1.54) is 0 Å².